The van der Waals surface area contributed by atoms with Gasteiger partial charge in [-0.3, -0.25) is 4.98 Å². The summed E-state index contributed by atoms with van der Waals surface area (Å²) in [5, 5.41) is -0.783. The van der Waals surface area contributed by atoms with E-state index in [1.165, 1.54) is 18.7 Å². The fourth-order valence-corrected chi connectivity index (χ4v) is 2.56. The van der Waals surface area contributed by atoms with Crippen molar-refractivity contribution >= 4 is 29.3 Å². The van der Waals surface area contributed by atoms with Crippen LogP contribution in [0.2, 0.25) is 5.02 Å². The van der Waals surface area contributed by atoms with E-state index in [4.69, 9.17) is 23.2 Å². The van der Waals surface area contributed by atoms with Crippen molar-refractivity contribution in [2.45, 2.75) is 58.0 Å². The molecule has 1 heterocycles. The van der Waals surface area contributed by atoms with Gasteiger partial charge in [0.2, 0.25) is 0 Å². The highest BCUT2D eigenvalue weighted by atomic mass is 35.5. The largest absolute Gasteiger partial charge is 0.426 e. The van der Waals surface area contributed by atoms with E-state index in [1.807, 2.05) is 0 Å². The maximum Gasteiger partial charge on any atom is 0.426 e. The van der Waals surface area contributed by atoms with Crippen molar-refractivity contribution in [3.63, 3.8) is 0 Å². The molecule has 1 aromatic heterocycles. The monoisotopic (exact) mass is 353 g/mol. The first kappa shape index (κ1) is 19.3. The van der Waals surface area contributed by atoms with Crippen LogP contribution in [-0.4, -0.2) is 11.2 Å². The Hall–Kier alpha value is -0.740. The van der Waals surface area contributed by atoms with Gasteiger partial charge in [0.25, 0.3) is 0 Å². The fraction of sp³-hybridized carbons (Fsp3) is 0.562. The zero-order valence-corrected chi connectivity index (χ0v) is 14.4. The number of hydrogen-bond acceptors (Lipinski definition) is 1. The van der Waals surface area contributed by atoms with Crippen LogP contribution in [0.15, 0.2) is 17.3 Å². The highest BCUT2D eigenvalue weighted by Gasteiger charge is 2.45. The van der Waals surface area contributed by atoms with E-state index in [0.29, 0.717) is 5.02 Å². The van der Waals surface area contributed by atoms with Crippen molar-refractivity contribution in [2.75, 3.05) is 0 Å². The molecule has 124 valence electrons. The number of alkyl halides is 3. The number of nitrogens with zero attached hydrogens (tertiary/aromatic N) is 1. The zero-order valence-electron chi connectivity index (χ0n) is 12.9. The highest BCUT2D eigenvalue weighted by molar-refractivity contribution is 6.33. The summed E-state index contributed by atoms with van der Waals surface area (Å²) in [5.74, 6) is 0. The van der Waals surface area contributed by atoms with Gasteiger partial charge >= 0.3 is 6.18 Å². The van der Waals surface area contributed by atoms with Gasteiger partial charge in [-0.1, -0.05) is 50.4 Å². The molecular formula is C16H20Cl2F3N. The molecule has 1 aliphatic rings. The van der Waals surface area contributed by atoms with Crippen LogP contribution in [0.1, 0.15) is 57.7 Å². The second-order valence-corrected chi connectivity index (χ2v) is 6.24. The van der Waals surface area contributed by atoms with Crippen LogP contribution in [0, 0.1) is 0 Å². The summed E-state index contributed by atoms with van der Waals surface area (Å²) in [5.41, 5.74) is 1.05. The number of pyridine rings is 1. The SMILES string of the molecule is CCC.CCC1(c2ncc(/C=C(/Cl)C(F)(F)F)cc2Cl)CC1. The molecule has 2 rings (SSSR count). The van der Waals surface area contributed by atoms with Gasteiger partial charge in [-0.2, -0.15) is 13.2 Å². The first-order valence-corrected chi connectivity index (χ1v) is 8.06. The molecule has 0 saturated heterocycles. The molecule has 1 nitrogen and oxygen atoms in total. The molecule has 0 spiro atoms. The Kier molecular flexibility index (Phi) is 6.75. The van der Waals surface area contributed by atoms with E-state index in [0.717, 1.165) is 31.0 Å². The normalized spacial score (nSPS) is 16.8. The maximum absolute atomic E-state index is 12.3. The van der Waals surface area contributed by atoms with Gasteiger partial charge in [0.1, 0.15) is 5.03 Å². The fourth-order valence-electron chi connectivity index (χ4n) is 2.06. The summed E-state index contributed by atoms with van der Waals surface area (Å²) in [4.78, 5) is 4.22. The van der Waals surface area contributed by atoms with Crippen molar-refractivity contribution < 1.29 is 13.2 Å². The quantitative estimate of drug-likeness (QED) is 0.586. The average molecular weight is 354 g/mol. The maximum atomic E-state index is 12.3. The molecule has 0 bridgehead atoms. The van der Waals surface area contributed by atoms with Crippen LogP contribution < -0.4 is 0 Å². The molecule has 0 atom stereocenters. The Morgan fingerprint density at radius 3 is 2.23 bits per heavy atom. The molecule has 0 amide bonds. The molecule has 0 N–H and O–H groups in total. The van der Waals surface area contributed by atoms with Gasteiger partial charge in [-0.25, -0.2) is 0 Å². The van der Waals surface area contributed by atoms with Gasteiger partial charge in [-0.15, -0.1) is 0 Å². The Morgan fingerprint density at radius 1 is 1.32 bits per heavy atom. The van der Waals surface area contributed by atoms with Crippen molar-refractivity contribution in [3.8, 4) is 0 Å². The minimum Gasteiger partial charge on any atom is -0.259 e. The van der Waals surface area contributed by atoms with Crippen LogP contribution in [0.3, 0.4) is 0 Å². The first-order chi connectivity index (χ1) is 10.2. The molecule has 0 aliphatic heterocycles. The second-order valence-electron chi connectivity index (χ2n) is 5.43. The van der Waals surface area contributed by atoms with E-state index in [2.05, 4.69) is 25.8 Å². The van der Waals surface area contributed by atoms with Crippen LogP contribution >= 0.6 is 23.2 Å². The lowest BCUT2D eigenvalue weighted by atomic mass is 9.98. The van der Waals surface area contributed by atoms with Gasteiger partial charge in [0.05, 0.1) is 10.7 Å². The van der Waals surface area contributed by atoms with E-state index in [-0.39, 0.29) is 11.0 Å². The lowest BCUT2D eigenvalue weighted by molar-refractivity contribution is -0.0836. The molecule has 1 aromatic rings. The molecule has 6 heteroatoms. The average Bonchev–Trinajstić information content (AvgIpc) is 3.19. The third kappa shape index (κ3) is 4.88. The summed E-state index contributed by atoms with van der Waals surface area (Å²) in [6.07, 6.45) is 1.89. The Labute approximate surface area is 139 Å². The van der Waals surface area contributed by atoms with Crippen molar-refractivity contribution in [2.24, 2.45) is 0 Å². The molecule has 1 fully saturated rings. The van der Waals surface area contributed by atoms with Crippen molar-refractivity contribution in [1.29, 1.82) is 0 Å². The molecule has 0 unspecified atom stereocenters. The number of aromatic nitrogens is 1. The smallest absolute Gasteiger partial charge is 0.259 e. The summed E-state index contributed by atoms with van der Waals surface area (Å²) in [7, 11) is 0. The second kappa shape index (κ2) is 7.69. The lowest BCUT2D eigenvalue weighted by Gasteiger charge is -2.14. The number of hydrogen-bond donors (Lipinski definition) is 0. The van der Waals surface area contributed by atoms with E-state index >= 15 is 0 Å². The van der Waals surface area contributed by atoms with Crippen LogP contribution in [0.4, 0.5) is 13.2 Å². The third-order valence-electron chi connectivity index (χ3n) is 3.46. The molecule has 1 saturated carbocycles. The standard InChI is InChI=1S/C13H12Cl2F3N.C3H8/c1-2-12(3-4-12)11-9(14)5-8(7-19-11)6-10(15)13(16,17)18;1-3-2/h5-7H,2-4H2,1H3;3H2,1-2H3/b10-6+;. The Morgan fingerprint density at radius 2 is 1.86 bits per heavy atom. The Bertz CT molecular complexity index is 535. The van der Waals surface area contributed by atoms with Crippen molar-refractivity contribution in [3.05, 3.63) is 33.6 Å². The first-order valence-electron chi connectivity index (χ1n) is 7.30. The molecule has 1 aliphatic carbocycles. The third-order valence-corrected chi connectivity index (χ3v) is 4.07. The van der Waals surface area contributed by atoms with Gasteiger partial charge in [0.15, 0.2) is 0 Å². The highest BCUT2D eigenvalue weighted by Crippen LogP contribution is 2.52. The number of halogens is 5. The molecule has 22 heavy (non-hydrogen) atoms. The minimum atomic E-state index is -4.55. The molecule has 0 aromatic carbocycles. The zero-order chi connectivity index (χ0) is 17.0. The molecular weight excluding hydrogens is 334 g/mol. The van der Waals surface area contributed by atoms with Crippen LogP contribution in [-0.2, 0) is 5.41 Å². The predicted molar refractivity (Wildman–Crippen MR) is 86.3 cm³/mol. The van der Waals surface area contributed by atoms with Gasteiger partial charge < -0.3 is 0 Å². The lowest BCUT2D eigenvalue weighted by Crippen LogP contribution is -2.09. The summed E-state index contributed by atoms with van der Waals surface area (Å²) in [6.45, 7) is 6.30. The van der Waals surface area contributed by atoms with Crippen LogP contribution in [0.25, 0.3) is 6.08 Å². The van der Waals surface area contributed by atoms with Gasteiger partial charge in [-0.05, 0) is 37.0 Å². The summed E-state index contributed by atoms with van der Waals surface area (Å²) >= 11 is 11.3. The number of rotatable bonds is 3. The van der Waals surface area contributed by atoms with E-state index < -0.39 is 11.2 Å². The topological polar surface area (TPSA) is 12.9 Å². The van der Waals surface area contributed by atoms with E-state index in [9.17, 15) is 13.2 Å². The van der Waals surface area contributed by atoms with Crippen molar-refractivity contribution in [1.82, 2.24) is 4.98 Å². The Balaban J connectivity index is 0.000000745. The van der Waals surface area contributed by atoms with E-state index in [1.54, 1.807) is 0 Å². The molecule has 0 radical (unpaired) electrons. The van der Waals surface area contributed by atoms with Crippen LogP contribution in [0.5, 0.6) is 0 Å². The summed E-state index contributed by atoms with van der Waals surface area (Å²) in [6, 6.07) is 1.48. The predicted octanol–water partition coefficient (Wildman–Crippen LogP) is 6.73. The van der Waals surface area contributed by atoms with Gasteiger partial charge in [0, 0.05) is 11.6 Å². The number of allylic oxidation sites excluding steroid dienone is 1. The minimum absolute atomic E-state index is 0.0210. The summed E-state index contributed by atoms with van der Waals surface area (Å²) < 4.78 is 36.9.